The Bertz CT molecular complexity index is 1610. The molecule has 0 unspecified atom stereocenters. The van der Waals surface area contributed by atoms with Gasteiger partial charge in [-0.2, -0.15) is 5.10 Å². The molecule has 0 atom stereocenters. The summed E-state index contributed by atoms with van der Waals surface area (Å²) in [6.07, 6.45) is 8.28. The molecule has 0 spiro atoms. The van der Waals surface area contributed by atoms with Gasteiger partial charge in [-0.1, -0.05) is 18.2 Å². The van der Waals surface area contributed by atoms with Crippen LogP contribution in [0.5, 0.6) is 0 Å². The van der Waals surface area contributed by atoms with Crippen LogP contribution in [0.2, 0.25) is 0 Å². The minimum Gasteiger partial charge on any atom is -0.382 e. The molecule has 2 amide bonds. The van der Waals surface area contributed by atoms with Gasteiger partial charge in [0.25, 0.3) is 5.91 Å². The normalized spacial score (nSPS) is 17.2. The highest BCUT2D eigenvalue weighted by Gasteiger charge is 2.27. The third-order valence-corrected chi connectivity index (χ3v) is 8.07. The van der Waals surface area contributed by atoms with E-state index in [0.717, 1.165) is 73.3 Å². The average molecular weight is 567 g/mol. The van der Waals surface area contributed by atoms with Crippen LogP contribution in [0.25, 0.3) is 16.6 Å². The number of benzene rings is 1. The van der Waals surface area contributed by atoms with E-state index >= 15 is 0 Å². The number of hydrazine groups is 1. The fraction of sp³-hybridized carbons (Fsp3) is 0.323. The maximum atomic E-state index is 13.4. The number of nitrogens with zero attached hydrogens (tertiary/aromatic N) is 6. The van der Waals surface area contributed by atoms with Gasteiger partial charge in [-0.15, -0.1) is 0 Å². The highest BCUT2D eigenvalue weighted by molar-refractivity contribution is 6.04. The van der Waals surface area contributed by atoms with Crippen LogP contribution in [0.3, 0.4) is 0 Å². The van der Waals surface area contributed by atoms with Crippen molar-refractivity contribution in [2.75, 3.05) is 35.8 Å². The second kappa shape index (κ2) is 12.0. The van der Waals surface area contributed by atoms with Crippen molar-refractivity contribution in [2.45, 2.75) is 44.9 Å². The van der Waals surface area contributed by atoms with Crippen LogP contribution < -0.4 is 16.1 Å². The Morgan fingerprint density at radius 2 is 1.93 bits per heavy atom. The number of rotatable bonds is 7. The Balaban J connectivity index is 1.25. The first-order chi connectivity index (χ1) is 20.5. The van der Waals surface area contributed by atoms with Gasteiger partial charge in [0.05, 0.1) is 0 Å². The van der Waals surface area contributed by atoms with Crippen LogP contribution in [-0.2, 0) is 14.3 Å². The van der Waals surface area contributed by atoms with Crippen LogP contribution in [0.1, 0.15) is 50.6 Å². The quantitative estimate of drug-likeness (QED) is 0.246. The van der Waals surface area contributed by atoms with Crippen molar-refractivity contribution < 1.29 is 14.3 Å². The number of amides is 2. The fourth-order valence-electron chi connectivity index (χ4n) is 5.85. The van der Waals surface area contributed by atoms with E-state index < -0.39 is 0 Å². The third-order valence-electron chi connectivity index (χ3n) is 8.07. The molecule has 2 fully saturated rings. The summed E-state index contributed by atoms with van der Waals surface area (Å²) >= 11 is 0. The van der Waals surface area contributed by atoms with Crippen molar-refractivity contribution >= 4 is 35.2 Å². The number of ether oxygens (including phenoxy) is 1. The lowest BCUT2D eigenvalue weighted by Gasteiger charge is -2.38. The number of aromatic nitrogens is 4. The van der Waals surface area contributed by atoms with E-state index in [4.69, 9.17) is 10.5 Å². The molecule has 0 radical (unpaired) electrons. The molecule has 3 aromatic heterocycles. The van der Waals surface area contributed by atoms with Gasteiger partial charge in [0.2, 0.25) is 6.41 Å². The summed E-state index contributed by atoms with van der Waals surface area (Å²) in [7, 11) is 0. The van der Waals surface area contributed by atoms with E-state index in [1.54, 1.807) is 25.3 Å². The lowest BCUT2D eigenvalue weighted by molar-refractivity contribution is -0.113. The van der Waals surface area contributed by atoms with E-state index in [1.165, 1.54) is 11.3 Å². The molecule has 42 heavy (non-hydrogen) atoms. The third kappa shape index (κ3) is 5.30. The molecule has 1 aromatic carbocycles. The molecule has 0 bridgehead atoms. The van der Waals surface area contributed by atoms with Gasteiger partial charge >= 0.3 is 0 Å². The molecule has 216 valence electrons. The molecule has 3 N–H and O–H groups in total. The molecule has 6 rings (SSSR count). The van der Waals surface area contributed by atoms with Gasteiger partial charge in [0.1, 0.15) is 11.8 Å². The Morgan fingerprint density at radius 1 is 1.12 bits per heavy atom. The number of hydrogen-bond donors (Lipinski definition) is 2. The minimum absolute atomic E-state index is 0.217. The lowest BCUT2D eigenvalue weighted by atomic mass is 9.96. The second-order valence-electron chi connectivity index (χ2n) is 10.6. The second-order valence-corrected chi connectivity index (χ2v) is 10.6. The number of carbonyl (C=O) groups is 2. The van der Waals surface area contributed by atoms with Crippen LogP contribution in [0.15, 0.2) is 72.3 Å². The largest absolute Gasteiger partial charge is 0.382 e. The van der Waals surface area contributed by atoms with E-state index in [0.29, 0.717) is 41.8 Å². The van der Waals surface area contributed by atoms with Crippen molar-refractivity contribution in [1.29, 1.82) is 0 Å². The molecule has 2 aliphatic rings. The number of nitrogen functional groups attached to an aromatic ring is 1. The Labute approximate surface area is 244 Å². The van der Waals surface area contributed by atoms with E-state index in [9.17, 15) is 9.59 Å². The summed E-state index contributed by atoms with van der Waals surface area (Å²) in [5, 5.41) is 10.9. The van der Waals surface area contributed by atoms with Crippen LogP contribution in [-0.4, -0.2) is 56.7 Å². The topological polar surface area (TPSA) is 131 Å². The van der Waals surface area contributed by atoms with Crippen LogP contribution >= 0.6 is 0 Å². The van der Waals surface area contributed by atoms with E-state index in [2.05, 4.69) is 26.4 Å². The first kappa shape index (κ1) is 27.4. The molecule has 5 heterocycles. The van der Waals surface area contributed by atoms with Gasteiger partial charge in [0.15, 0.2) is 11.6 Å². The van der Waals surface area contributed by atoms with Crippen molar-refractivity contribution in [3.63, 3.8) is 0 Å². The maximum absolute atomic E-state index is 13.4. The zero-order valence-corrected chi connectivity index (χ0v) is 23.6. The summed E-state index contributed by atoms with van der Waals surface area (Å²) in [4.78, 5) is 34.0. The smallest absolute Gasteiger partial charge is 0.253 e. The molecule has 11 heteroatoms. The summed E-state index contributed by atoms with van der Waals surface area (Å²) in [6.45, 7) is 3.88. The zero-order chi connectivity index (χ0) is 29.1. The Kier molecular flexibility index (Phi) is 7.83. The van der Waals surface area contributed by atoms with E-state index in [-0.39, 0.29) is 5.91 Å². The summed E-state index contributed by atoms with van der Waals surface area (Å²) < 4.78 is 7.47. The number of fused-ring (bicyclic) bond motifs is 1. The van der Waals surface area contributed by atoms with Gasteiger partial charge in [-0.25, -0.2) is 19.5 Å². The molecule has 0 saturated carbocycles. The predicted molar refractivity (Wildman–Crippen MR) is 160 cm³/mol. The molecule has 11 nitrogen and oxygen atoms in total. The van der Waals surface area contributed by atoms with Crippen molar-refractivity contribution in [3.05, 3.63) is 78.0 Å². The standard InChI is InChI=1S/C31H34N8O3/c1-21(26-6-3-5-15-37(26)38(20-40)28-7-2-4-14-33-28)31(41)36-24-10-8-22(9-11-24)25-18-27(23-12-16-42-17-13-23)39-29(25)30(32)34-19-35-39/h2,4,7-11,14,18-20,23H,3,5-6,12-13,15-17H2,1H3,(H,36,41)(H2,32,34,35)/b26-21+. The summed E-state index contributed by atoms with van der Waals surface area (Å²) in [5.41, 5.74) is 12.1. The first-order valence-electron chi connectivity index (χ1n) is 14.3. The number of allylic oxidation sites excluding steroid dienone is 1. The number of pyridine rings is 1. The molecular formula is C31H34N8O3. The molecule has 4 aromatic rings. The SMILES string of the molecule is C/C(C(=O)Nc1ccc(-c2cc(C3CCOCC3)n3ncnc(N)c23)cc1)=C1/CCCCN1N(C=O)c1ccccn1. The number of anilines is 3. The number of nitrogens with one attached hydrogen (secondary N) is 1. The van der Waals surface area contributed by atoms with Gasteiger partial charge in [0, 0.05) is 60.1 Å². The zero-order valence-electron chi connectivity index (χ0n) is 23.6. The van der Waals surface area contributed by atoms with E-state index in [1.807, 2.05) is 39.9 Å². The number of carbonyl (C=O) groups excluding carboxylic acids is 2. The van der Waals surface area contributed by atoms with Gasteiger partial charge in [-0.05, 0) is 74.9 Å². The first-order valence-corrected chi connectivity index (χ1v) is 14.3. The number of hydrogen-bond acceptors (Lipinski definition) is 8. The Morgan fingerprint density at radius 3 is 2.67 bits per heavy atom. The monoisotopic (exact) mass is 566 g/mol. The van der Waals surface area contributed by atoms with Crippen molar-refractivity contribution in [3.8, 4) is 11.1 Å². The van der Waals surface area contributed by atoms with Crippen molar-refractivity contribution in [1.82, 2.24) is 24.6 Å². The van der Waals surface area contributed by atoms with Crippen LogP contribution in [0.4, 0.5) is 17.3 Å². The lowest BCUT2D eigenvalue weighted by Crippen LogP contribution is -2.45. The minimum atomic E-state index is -0.217. The molecule has 2 aliphatic heterocycles. The molecule has 0 aliphatic carbocycles. The molecule has 2 saturated heterocycles. The maximum Gasteiger partial charge on any atom is 0.253 e. The highest BCUT2D eigenvalue weighted by Crippen LogP contribution is 2.36. The number of nitrogens with two attached hydrogens (primary N) is 1. The highest BCUT2D eigenvalue weighted by atomic mass is 16.5. The fourth-order valence-corrected chi connectivity index (χ4v) is 5.85. The summed E-state index contributed by atoms with van der Waals surface area (Å²) in [6, 6.07) is 15.3. The van der Waals surface area contributed by atoms with Gasteiger partial charge in [-0.3, -0.25) is 14.6 Å². The Hall–Kier alpha value is -4.77. The molecular weight excluding hydrogens is 532 g/mol. The average Bonchev–Trinajstić information content (AvgIpc) is 3.44. The van der Waals surface area contributed by atoms with Crippen molar-refractivity contribution in [2.24, 2.45) is 0 Å². The predicted octanol–water partition coefficient (Wildman–Crippen LogP) is 4.54. The van der Waals surface area contributed by atoms with Gasteiger partial charge < -0.3 is 15.8 Å². The number of piperidine rings is 1. The van der Waals surface area contributed by atoms with Crippen LogP contribution in [0, 0.1) is 0 Å². The summed E-state index contributed by atoms with van der Waals surface area (Å²) in [5.74, 6) is 1.05.